The summed E-state index contributed by atoms with van der Waals surface area (Å²) < 4.78 is 9.93. The summed E-state index contributed by atoms with van der Waals surface area (Å²) in [4.78, 5) is 22.9. The molecule has 0 saturated heterocycles. The molecule has 0 unspecified atom stereocenters. The molecule has 0 atom stereocenters. The maximum absolute atomic E-state index is 11.8. The molecule has 0 radical (unpaired) electrons. The molecule has 0 aliphatic carbocycles. The van der Waals surface area contributed by atoms with E-state index >= 15 is 0 Å². The number of esters is 1. The van der Waals surface area contributed by atoms with Gasteiger partial charge in [-0.25, -0.2) is 0 Å². The van der Waals surface area contributed by atoms with Gasteiger partial charge in [-0.1, -0.05) is 12.1 Å². The van der Waals surface area contributed by atoms with Crippen LogP contribution in [0.3, 0.4) is 0 Å². The number of carbonyl (C=O) groups is 2. The summed E-state index contributed by atoms with van der Waals surface area (Å²) in [5, 5.41) is 0. The first-order chi connectivity index (χ1) is 10.2. The van der Waals surface area contributed by atoms with Gasteiger partial charge >= 0.3 is 5.97 Å². The van der Waals surface area contributed by atoms with Crippen LogP contribution < -0.4 is 4.74 Å². The molecule has 0 aliphatic heterocycles. The van der Waals surface area contributed by atoms with E-state index in [1.165, 1.54) is 0 Å². The molecule has 1 aromatic carbocycles. The molecule has 1 rings (SSSR count). The third kappa shape index (κ3) is 7.49. The van der Waals surface area contributed by atoms with E-state index in [1.54, 1.807) is 14.0 Å². The van der Waals surface area contributed by atoms with Gasteiger partial charge in [0.25, 0.3) is 0 Å². The van der Waals surface area contributed by atoms with Crippen LogP contribution >= 0.6 is 0 Å². The summed E-state index contributed by atoms with van der Waals surface area (Å²) in [6, 6.07) is 7.76. The zero-order valence-corrected chi connectivity index (χ0v) is 12.9. The van der Waals surface area contributed by atoms with Crippen molar-refractivity contribution in [3.8, 4) is 5.75 Å². The summed E-state index contributed by atoms with van der Waals surface area (Å²) in [7, 11) is 1.63. The van der Waals surface area contributed by atoms with E-state index < -0.39 is 0 Å². The van der Waals surface area contributed by atoms with Gasteiger partial charge in [0.2, 0.25) is 0 Å². The Morgan fingerprint density at radius 1 is 1.00 bits per heavy atom. The fourth-order valence-corrected chi connectivity index (χ4v) is 2.03. The van der Waals surface area contributed by atoms with Crippen molar-refractivity contribution in [1.29, 1.82) is 0 Å². The molecule has 1 aromatic rings. The lowest BCUT2D eigenvalue weighted by atomic mass is 10.0. The summed E-state index contributed by atoms with van der Waals surface area (Å²) in [5.41, 5.74) is 1.13. The number of aryl methyl sites for hydroxylation is 1. The lowest BCUT2D eigenvalue weighted by Gasteiger charge is -2.04. The molecule has 0 spiro atoms. The lowest BCUT2D eigenvalue weighted by Crippen LogP contribution is -2.04. The predicted molar refractivity (Wildman–Crippen MR) is 81.4 cm³/mol. The molecule has 4 nitrogen and oxygen atoms in total. The molecular weight excluding hydrogens is 268 g/mol. The summed E-state index contributed by atoms with van der Waals surface area (Å²) in [6.07, 6.45) is 3.70. The van der Waals surface area contributed by atoms with Gasteiger partial charge in [0, 0.05) is 19.3 Å². The van der Waals surface area contributed by atoms with Gasteiger partial charge < -0.3 is 9.47 Å². The van der Waals surface area contributed by atoms with Crippen molar-refractivity contribution in [1.82, 2.24) is 0 Å². The van der Waals surface area contributed by atoms with Crippen LogP contribution in [-0.2, 0) is 20.7 Å². The summed E-state index contributed by atoms with van der Waals surface area (Å²) in [6.45, 7) is 2.21. The van der Waals surface area contributed by atoms with E-state index in [2.05, 4.69) is 0 Å². The van der Waals surface area contributed by atoms with Gasteiger partial charge in [-0.15, -0.1) is 0 Å². The molecule has 0 aliphatic rings. The highest BCUT2D eigenvalue weighted by Gasteiger charge is 2.05. The standard InChI is InChI=1S/C17H24O4/c1-3-21-17(19)7-5-4-6-15(18)11-8-14-9-12-16(20-2)13-10-14/h9-10,12-13H,3-8,11H2,1-2H3. The maximum atomic E-state index is 11.8. The van der Waals surface area contributed by atoms with Crippen LogP contribution in [-0.4, -0.2) is 25.5 Å². The van der Waals surface area contributed by atoms with Gasteiger partial charge in [0.1, 0.15) is 11.5 Å². The third-order valence-electron chi connectivity index (χ3n) is 3.24. The molecule has 0 aromatic heterocycles. The fourth-order valence-electron chi connectivity index (χ4n) is 2.03. The Morgan fingerprint density at radius 3 is 2.29 bits per heavy atom. The highest BCUT2D eigenvalue weighted by atomic mass is 16.5. The Labute approximate surface area is 126 Å². The van der Waals surface area contributed by atoms with E-state index in [-0.39, 0.29) is 11.8 Å². The average Bonchev–Trinajstić information content (AvgIpc) is 2.50. The molecule has 0 saturated carbocycles. The van der Waals surface area contributed by atoms with Crippen molar-refractivity contribution in [2.24, 2.45) is 0 Å². The quantitative estimate of drug-likeness (QED) is 0.490. The van der Waals surface area contributed by atoms with Crippen molar-refractivity contribution < 1.29 is 19.1 Å². The normalized spacial score (nSPS) is 10.2. The van der Waals surface area contributed by atoms with E-state index in [0.717, 1.165) is 24.2 Å². The van der Waals surface area contributed by atoms with Crippen molar-refractivity contribution in [2.75, 3.05) is 13.7 Å². The minimum absolute atomic E-state index is 0.178. The number of rotatable bonds is 10. The first kappa shape index (κ1) is 17.2. The van der Waals surface area contributed by atoms with Crippen molar-refractivity contribution >= 4 is 11.8 Å². The van der Waals surface area contributed by atoms with E-state index in [0.29, 0.717) is 32.3 Å². The van der Waals surface area contributed by atoms with E-state index in [9.17, 15) is 9.59 Å². The number of methoxy groups -OCH3 is 1. The molecule has 0 N–H and O–H groups in total. The first-order valence-electron chi connectivity index (χ1n) is 7.46. The highest BCUT2D eigenvalue weighted by Crippen LogP contribution is 2.13. The van der Waals surface area contributed by atoms with Crippen LogP contribution in [0.2, 0.25) is 0 Å². The number of hydrogen-bond donors (Lipinski definition) is 0. The van der Waals surface area contributed by atoms with Crippen LogP contribution in [0.15, 0.2) is 24.3 Å². The van der Waals surface area contributed by atoms with Crippen molar-refractivity contribution in [3.05, 3.63) is 29.8 Å². The van der Waals surface area contributed by atoms with E-state index in [4.69, 9.17) is 9.47 Å². The van der Waals surface area contributed by atoms with Crippen molar-refractivity contribution in [2.45, 2.75) is 45.4 Å². The topological polar surface area (TPSA) is 52.6 Å². The monoisotopic (exact) mass is 292 g/mol. The Balaban J connectivity index is 2.14. The van der Waals surface area contributed by atoms with Gasteiger partial charge in [0.15, 0.2) is 0 Å². The van der Waals surface area contributed by atoms with Crippen LogP contribution in [0.5, 0.6) is 5.75 Å². The number of carbonyl (C=O) groups excluding carboxylic acids is 2. The Hall–Kier alpha value is -1.84. The minimum Gasteiger partial charge on any atom is -0.497 e. The second kappa shape index (κ2) is 9.97. The van der Waals surface area contributed by atoms with Crippen molar-refractivity contribution in [3.63, 3.8) is 0 Å². The number of ether oxygens (including phenoxy) is 2. The maximum Gasteiger partial charge on any atom is 0.305 e. The molecule has 116 valence electrons. The van der Waals surface area contributed by atoms with Gasteiger partial charge in [0.05, 0.1) is 13.7 Å². The number of benzene rings is 1. The van der Waals surface area contributed by atoms with E-state index in [1.807, 2.05) is 24.3 Å². The number of ketones is 1. The second-order valence-electron chi connectivity index (χ2n) is 4.90. The Morgan fingerprint density at radius 2 is 1.67 bits per heavy atom. The van der Waals surface area contributed by atoms with Gasteiger partial charge in [-0.3, -0.25) is 9.59 Å². The molecule has 0 bridgehead atoms. The number of Topliss-reactive ketones (excluding diaryl/α,β-unsaturated/α-hetero) is 1. The number of hydrogen-bond acceptors (Lipinski definition) is 4. The molecule has 4 heteroatoms. The van der Waals surface area contributed by atoms with Crippen LogP contribution in [0.4, 0.5) is 0 Å². The summed E-state index contributed by atoms with van der Waals surface area (Å²) in [5.74, 6) is 0.891. The Kier molecular flexibility index (Phi) is 8.17. The van der Waals surface area contributed by atoms with Crippen LogP contribution in [0.1, 0.15) is 44.6 Å². The zero-order valence-electron chi connectivity index (χ0n) is 12.9. The molecule has 21 heavy (non-hydrogen) atoms. The van der Waals surface area contributed by atoms with Crippen LogP contribution in [0.25, 0.3) is 0 Å². The Bertz CT molecular complexity index is 437. The third-order valence-corrected chi connectivity index (χ3v) is 3.24. The molecule has 0 fully saturated rings. The molecule has 0 amide bonds. The van der Waals surface area contributed by atoms with Gasteiger partial charge in [-0.2, -0.15) is 0 Å². The fraction of sp³-hybridized carbons (Fsp3) is 0.529. The van der Waals surface area contributed by atoms with Gasteiger partial charge in [-0.05, 0) is 43.9 Å². The van der Waals surface area contributed by atoms with Crippen LogP contribution in [0, 0.1) is 0 Å². The zero-order chi connectivity index (χ0) is 15.5. The average molecular weight is 292 g/mol. The lowest BCUT2D eigenvalue weighted by molar-refractivity contribution is -0.143. The minimum atomic E-state index is -0.178. The number of unbranched alkanes of at least 4 members (excludes halogenated alkanes) is 1. The SMILES string of the molecule is CCOC(=O)CCCCC(=O)CCc1ccc(OC)cc1. The molecule has 0 heterocycles. The summed E-state index contributed by atoms with van der Waals surface area (Å²) >= 11 is 0. The predicted octanol–water partition coefficient (Wildman–Crippen LogP) is 3.32. The highest BCUT2D eigenvalue weighted by molar-refractivity contribution is 5.78. The first-order valence-corrected chi connectivity index (χ1v) is 7.46. The molecular formula is C17H24O4. The second-order valence-corrected chi connectivity index (χ2v) is 4.90. The largest absolute Gasteiger partial charge is 0.497 e. The smallest absolute Gasteiger partial charge is 0.305 e.